The van der Waals surface area contributed by atoms with Gasteiger partial charge in [-0.2, -0.15) is 0 Å². The third-order valence-electron chi connectivity index (χ3n) is 3.45. The first-order valence-electron chi connectivity index (χ1n) is 6.48. The molecule has 1 fully saturated rings. The van der Waals surface area contributed by atoms with Crippen molar-refractivity contribution in [3.8, 4) is 0 Å². The number of pyridine rings is 1. The van der Waals surface area contributed by atoms with Gasteiger partial charge in [0.15, 0.2) is 9.84 Å². The molecule has 0 bridgehead atoms. The fourth-order valence-corrected chi connectivity index (χ4v) is 3.75. The molecule has 3 rings (SSSR count). The molecule has 0 aliphatic carbocycles. The van der Waals surface area contributed by atoms with E-state index in [-0.39, 0.29) is 5.75 Å². The van der Waals surface area contributed by atoms with Gasteiger partial charge in [0.25, 0.3) is 0 Å². The van der Waals surface area contributed by atoms with Crippen molar-refractivity contribution in [2.45, 2.75) is 13.0 Å². The van der Waals surface area contributed by atoms with Gasteiger partial charge in [0.05, 0.1) is 17.2 Å². The summed E-state index contributed by atoms with van der Waals surface area (Å²) in [4.78, 5) is 6.72. The maximum absolute atomic E-state index is 11.6. The molecule has 1 aliphatic rings. The zero-order valence-electron chi connectivity index (χ0n) is 10.7. The molecule has 3 heterocycles. The van der Waals surface area contributed by atoms with Crippen LogP contribution in [0.5, 0.6) is 0 Å². The molecule has 1 aliphatic heterocycles. The van der Waals surface area contributed by atoms with E-state index in [1.807, 2.05) is 35.0 Å². The van der Waals surface area contributed by atoms with Crippen LogP contribution in [0.3, 0.4) is 0 Å². The number of imidazole rings is 1. The van der Waals surface area contributed by atoms with Crippen LogP contribution in [0.4, 0.5) is 0 Å². The first-order chi connectivity index (χ1) is 9.12. The summed E-state index contributed by atoms with van der Waals surface area (Å²) in [5.41, 5.74) is 1.92. The second kappa shape index (κ2) is 4.94. The Bertz CT molecular complexity index is 645. The molecule has 19 heavy (non-hydrogen) atoms. The third-order valence-corrected chi connectivity index (χ3v) is 5.16. The van der Waals surface area contributed by atoms with Crippen LogP contribution in [0.15, 0.2) is 30.6 Å². The van der Waals surface area contributed by atoms with Crippen molar-refractivity contribution in [1.29, 1.82) is 0 Å². The number of hydrogen-bond donors (Lipinski definition) is 0. The van der Waals surface area contributed by atoms with E-state index in [0.717, 1.165) is 30.9 Å². The highest BCUT2D eigenvalue weighted by atomic mass is 32.2. The first kappa shape index (κ1) is 12.6. The average Bonchev–Trinajstić information content (AvgIpc) is 2.69. The van der Waals surface area contributed by atoms with Gasteiger partial charge >= 0.3 is 0 Å². The lowest BCUT2D eigenvalue weighted by atomic mass is 10.3. The zero-order chi connectivity index (χ0) is 13.3. The van der Waals surface area contributed by atoms with Crippen molar-refractivity contribution in [2.75, 3.05) is 24.6 Å². The molecule has 6 heteroatoms. The van der Waals surface area contributed by atoms with Crippen LogP contribution in [0.1, 0.15) is 12.1 Å². The van der Waals surface area contributed by atoms with Crippen LogP contribution >= 0.6 is 0 Å². The Hall–Kier alpha value is -1.40. The topological polar surface area (TPSA) is 54.7 Å². The molecule has 0 aromatic carbocycles. The van der Waals surface area contributed by atoms with Crippen LogP contribution in [-0.4, -0.2) is 47.3 Å². The van der Waals surface area contributed by atoms with Crippen LogP contribution < -0.4 is 0 Å². The van der Waals surface area contributed by atoms with E-state index < -0.39 is 9.84 Å². The summed E-state index contributed by atoms with van der Waals surface area (Å²) in [6, 6.07) is 5.90. The summed E-state index contributed by atoms with van der Waals surface area (Å²) in [5.74, 6) is 0.578. The largest absolute Gasteiger partial charge is 0.307 e. The Morgan fingerprint density at radius 3 is 2.95 bits per heavy atom. The molecule has 1 saturated heterocycles. The Balaban J connectivity index is 1.74. The highest BCUT2D eigenvalue weighted by Gasteiger charge is 2.19. The lowest BCUT2D eigenvalue weighted by molar-refractivity contribution is 0.284. The molecular weight excluding hydrogens is 262 g/mol. The number of nitrogens with zero attached hydrogens (tertiary/aromatic N) is 3. The Kier molecular flexibility index (Phi) is 3.28. The van der Waals surface area contributed by atoms with Crippen molar-refractivity contribution in [3.63, 3.8) is 0 Å². The molecule has 2 aromatic rings. The Labute approximate surface area is 112 Å². The van der Waals surface area contributed by atoms with Gasteiger partial charge in [0, 0.05) is 25.5 Å². The van der Waals surface area contributed by atoms with Gasteiger partial charge < -0.3 is 4.40 Å². The van der Waals surface area contributed by atoms with Gasteiger partial charge in [-0.05, 0) is 25.1 Å². The van der Waals surface area contributed by atoms with Gasteiger partial charge in [-0.25, -0.2) is 13.4 Å². The van der Waals surface area contributed by atoms with Crippen molar-refractivity contribution < 1.29 is 8.42 Å². The summed E-state index contributed by atoms with van der Waals surface area (Å²) in [7, 11) is -2.84. The smallest absolute Gasteiger partial charge is 0.151 e. The summed E-state index contributed by atoms with van der Waals surface area (Å²) >= 11 is 0. The van der Waals surface area contributed by atoms with Crippen molar-refractivity contribution >= 4 is 15.5 Å². The van der Waals surface area contributed by atoms with Gasteiger partial charge in [-0.1, -0.05) is 6.07 Å². The molecule has 0 atom stereocenters. The minimum atomic E-state index is -2.84. The molecule has 0 saturated carbocycles. The van der Waals surface area contributed by atoms with Gasteiger partial charge in [0.1, 0.15) is 5.65 Å². The fraction of sp³-hybridized carbons (Fsp3) is 0.462. The minimum Gasteiger partial charge on any atom is -0.307 e. The van der Waals surface area contributed by atoms with E-state index in [0.29, 0.717) is 12.3 Å². The van der Waals surface area contributed by atoms with Gasteiger partial charge in [-0.3, -0.25) is 4.90 Å². The molecule has 102 valence electrons. The van der Waals surface area contributed by atoms with E-state index in [2.05, 4.69) is 9.88 Å². The normalized spacial score (nSPS) is 20.4. The molecule has 5 nitrogen and oxygen atoms in total. The first-order valence-corrected chi connectivity index (χ1v) is 8.30. The fourth-order valence-electron chi connectivity index (χ4n) is 2.44. The number of hydrogen-bond acceptors (Lipinski definition) is 4. The maximum Gasteiger partial charge on any atom is 0.151 e. The predicted octanol–water partition coefficient (Wildman–Crippen LogP) is 0.955. The number of aromatic nitrogens is 2. The summed E-state index contributed by atoms with van der Waals surface area (Å²) in [6.45, 7) is 2.15. The Morgan fingerprint density at radius 2 is 2.11 bits per heavy atom. The van der Waals surface area contributed by atoms with Gasteiger partial charge in [0.2, 0.25) is 0 Å². The van der Waals surface area contributed by atoms with Crippen LogP contribution in [0.2, 0.25) is 0 Å². The van der Waals surface area contributed by atoms with Crippen LogP contribution in [0, 0.1) is 0 Å². The van der Waals surface area contributed by atoms with Gasteiger partial charge in [-0.15, -0.1) is 0 Å². The summed E-state index contributed by atoms with van der Waals surface area (Å²) in [5, 5.41) is 0. The van der Waals surface area contributed by atoms with Crippen molar-refractivity contribution in [3.05, 3.63) is 36.3 Å². The molecule has 0 spiro atoms. The number of rotatable bonds is 2. The second-order valence-electron chi connectivity index (χ2n) is 4.98. The van der Waals surface area contributed by atoms with E-state index in [1.165, 1.54) is 0 Å². The highest BCUT2D eigenvalue weighted by molar-refractivity contribution is 7.91. The van der Waals surface area contributed by atoms with E-state index in [9.17, 15) is 8.42 Å². The molecule has 0 N–H and O–H groups in total. The lowest BCUT2D eigenvalue weighted by Gasteiger charge is -2.17. The second-order valence-corrected chi connectivity index (χ2v) is 7.28. The molecular formula is C13H17N3O2S. The predicted molar refractivity (Wildman–Crippen MR) is 73.7 cm³/mol. The third kappa shape index (κ3) is 2.96. The summed E-state index contributed by atoms with van der Waals surface area (Å²) in [6.07, 6.45) is 4.70. The summed E-state index contributed by atoms with van der Waals surface area (Å²) < 4.78 is 25.1. The van der Waals surface area contributed by atoms with Crippen LogP contribution in [-0.2, 0) is 16.4 Å². The molecule has 2 aromatic heterocycles. The minimum absolute atomic E-state index is 0.264. The maximum atomic E-state index is 11.6. The lowest BCUT2D eigenvalue weighted by Crippen LogP contribution is -2.26. The van der Waals surface area contributed by atoms with Crippen molar-refractivity contribution in [2.24, 2.45) is 0 Å². The molecule has 0 unspecified atom stereocenters. The SMILES string of the molecule is O=S1(=O)CCCN(Cc2cn3ccccc3n2)CC1. The number of sulfone groups is 1. The number of fused-ring (bicyclic) bond motifs is 1. The quantitative estimate of drug-likeness (QED) is 0.821. The van der Waals surface area contributed by atoms with E-state index in [1.54, 1.807) is 0 Å². The highest BCUT2D eigenvalue weighted by Crippen LogP contribution is 2.11. The van der Waals surface area contributed by atoms with E-state index in [4.69, 9.17) is 0 Å². The molecule has 0 radical (unpaired) electrons. The monoisotopic (exact) mass is 279 g/mol. The standard InChI is InChI=1S/C13H17N3O2S/c17-19(18)8-3-5-15(7-9-19)10-12-11-16-6-2-1-4-13(16)14-12/h1-2,4,6,11H,3,5,7-10H2. The average molecular weight is 279 g/mol. The van der Waals surface area contributed by atoms with Crippen molar-refractivity contribution in [1.82, 2.24) is 14.3 Å². The Morgan fingerprint density at radius 1 is 1.21 bits per heavy atom. The van der Waals surface area contributed by atoms with E-state index >= 15 is 0 Å². The van der Waals surface area contributed by atoms with Crippen LogP contribution in [0.25, 0.3) is 5.65 Å². The zero-order valence-corrected chi connectivity index (χ0v) is 11.5. The molecule has 0 amide bonds.